The van der Waals surface area contributed by atoms with Gasteiger partial charge in [0.05, 0.1) is 17.3 Å². The molecule has 120 valence electrons. The van der Waals surface area contributed by atoms with Crippen molar-refractivity contribution in [2.45, 2.75) is 24.0 Å². The highest BCUT2D eigenvalue weighted by atomic mass is 32.2. The van der Waals surface area contributed by atoms with E-state index in [1.807, 2.05) is 23.1 Å². The Bertz CT molecular complexity index is 630. The number of likely N-dealkylation sites (tertiary alicyclic amines) is 1. The predicted molar refractivity (Wildman–Crippen MR) is 89.9 cm³/mol. The van der Waals surface area contributed by atoms with E-state index in [0.717, 1.165) is 19.5 Å². The molecule has 4 nitrogen and oxygen atoms in total. The molecule has 0 bridgehead atoms. The lowest BCUT2D eigenvalue weighted by Crippen LogP contribution is -2.30. The van der Waals surface area contributed by atoms with E-state index >= 15 is 0 Å². The zero-order valence-electron chi connectivity index (χ0n) is 12.5. The number of hydrogen-bond donors (Lipinski definition) is 0. The largest absolute Gasteiger partial charge is 0.341 e. The van der Waals surface area contributed by atoms with Gasteiger partial charge in [0.2, 0.25) is 5.91 Å². The summed E-state index contributed by atoms with van der Waals surface area (Å²) in [6.07, 6.45) is 1.70. The molecule has 2 saturated heterocycles. The Kier molecular flexibility index (Phi) is 4.78. The van der Waals surface area contributed by atoms with E-state index < -0.39 is 9.84 Å². The van der Waals surface area contributed by atoms with Crippen LogP contribution in [-0.2, 0) is 14.6 Å². The van der Waals surface area contributed by atoms with Crippen LogP contribution < -0.4 is 0 Å². The molecule has 6 heteroatoms. The van der Waals surface area contributed by atoms with E-state index in [1.54, 1.807) is 0 Å². The second-order valence-electron chi connectivity index (χ2n) is 6.07. The van der Waals surface area contributed by atoms with Crippen molar-refractivity contribution in [2.75, 3.05) is 30.3 Å². The maximum atomic E-state index is 12.3. The van der Waals surface area contributed by atoms with Gasteiger partial charge in [0.1, 0.15) is 0 Å². The van der Waals surface area contributed by atoms with Crippen LogP contribution in [-0.4, -0.2) is 54.8 Å². The summed E-state index contributed by atoms with van der Waals surface area (Å²) in [6.45, 7) is 1.59. The number of carbonyl (C=O) groups is 1. The molecule has 0 unspecified atom stereocenters. The van der Waals surface area contributed by atoms with Crippen LogP contribution in [0.5, 0.6) is 0 Å². The van der Waals surface area contributed by atoms with E-state index in [9.17, 15) is 13.2 Å². The number of sulfone groups is 1. The third-order valence-corrected chi connectivity index (χ3v) is 7.71. The van der Waals surface area contributed by atoms with Crippen molar-refractivity contribution in [3.8, 4) is 0 Å². The molecule has 0 N–H and O–H groups in total. The third kappa shape index (κ3) is 3.84. The van der Waals surface area contributed by atoms with Crippen LogP contribution in [0.1, 0.15) is 24.3 Å². The molecule has 2 aliphatic rings. The summed E-state index contributed by atoms with van der Waals surface area (Å²) in [5.74, 6) is 1.49. The average molecular weight is 339 g/mol. The van der Waals surface area contributed by atoms with Gasteiger partial charge in [0.25, 0.3) is 0 Å². The standard InChI is InChI=1S/C16H21NO3S2/c18-16(11-21-15-7-9-22(19,20)12-15)17-8-6-14(10-17)13-4-2-1-3-5-13/h1-5,14-15H,6-12H2/t14-,15+/m0/s1. The summed E-state index contributed by atoms with van der Waals surface area (Å²) in [5, 5.41) is 0.0986. The highest BCUT2D eigenvalue weighted by Crippen LogP contribution is 2.29. The quantitative estimate of drug-likeness (QED) is 0.841. The second kappa shape index (κ2) is 6.62. The van der Waals surface area contributed by atoms with Crippen LogP contribution in [0.2, 0.25) is 0 Å². The molecule has 0 aromatic heterocycles. The van der Waals surface area contributed by atoms with Gasteiger partial charge in [-0.3, -0.25) is 4.79 Å². The number of hydrogen-bond acceptors (Lipinski definition) is 4. The normalized spacial score (nSPS) is 27.2. The molecule has 1 amide bonds. The summed E-state index contributed by atoms with van der Waals surface area (Å²) in [7, 11) is -2.85. The molecular weight excluding hydrogens is 318 g/mol. The van der Waals surface area contributed by atoms with Gasteiger partial charge in [-0.25, -0.2) is 8.42 Å². The lowest BCUT2D eigenvalue weighted by atomic mass is 9.99. The van der Waals surface area contributed by atoms with Crippen molar-refractivity contribution >= 4 is 27.5 Å². The van der Waals surface area contributed by atoms with Crippen LogP contribution in [0.25, 0.3) is 0 Å². The average Bonchev–Trinajstić information content (AvgIpc) is 3.12. The predicted octanol–water partition coefficient (Wildman–Crippen LogP) is 1.92. The van der Waals surface area contributed by atoms with E-state index in [2.05, 4.69) is 12.1 Å². The highest BCUT2D eigenvalue weighted by Gasteiger charge is 2.31. The lowest BCUT2D eigenvalue weighted by Gasteiger charge is -2.17. The van der Waals surface area contributed by atoms with Crippen molar-refractivity contribution in [1.29, 1.82) is 0 Å². The Morgan fingerprint density at radius 3 is 2.68 bits per heavy atom. The molecule has 2 heterocycles. The van der Waals surface area contributed by atoms with Crippen molar-refractivity contribution in [2.24, 2.45) is 0 Å². The van der Waals surface area contributed by atoms with E-state index in [1.165, 1.54) is 17.3 Å². The smallest absolute Gasteiger partial charge is 0.232 e. The Hall–Kier alpha value is -1.01. The van der Waals surface area contributed by atoms with Crippen molar-refractivity contribution in [1.82, 2.24) is 4.90 Å². The fourth-order valence-electron chi connectivity index (χ4n) is 3.16. The first kappa shape index (κ1) is 15.9. The molecule has 0 saturated carbocycles. The fourth-order valence-corrected chi connectivity index (χ4v) is 6.70. The number of benzene rings is 1. The van der Waals surface area contributed by atoms with Gasteiger partial charge in [0, 0.05) is 24.3 Å². The minimum absolute atomic E-state index is 0.0986. The minimum atomic E-state index is -2.85. The summed E-state index contributed by atoms with van der Waals surface area (Å²) in [6, 6.07) is 10.3. The Morgan fingerprint density at radius 1 is 1.23 bits per heavy atom. The fraction of sp³-hybridized carbons (Fsp3) is 0.562. The first-order valence-electron chi connectivity index (χ1n) is 7.68. The van der Waals surface area contributed by atoms with Gasteiger partial charge >= 0.3 is 0 Å². The van der Waals surface area contributed by atoms with Gasteiger partial charge < -0.3 is 4.90 Å². The van der Waals surface area contributed by atoms with Crippen LogP contribution in [0, 0.1) is 0 Å². The molecule has 2 fully saturated rings. The van der Waals surface area contributed by atoms with Crippen molar-refractivity contribution < 1.29 is 13.2 Å². The summed E-state index contributed by atoms with van der Waals surface area (Å²) >= 11 is 1.51. The Balaban J connectivity index is 1.48. The van der Waals surface area contributed by atoms with Crippen LogP contribution in [0.4, 0.5) is 0 Å². The second-order valence-corrected chi connectivity index (χ2v) is 9.59. The lowest BCUT2D eigenvalue weighted by molar-refractivity contribution is -0.127. The summed E-state index contributed by atoms with van der Waals surface area (Å²) in [5.41, 5.74) is 1.30. The molecule has 1 aromatic rings. The molecule has 0 radical (unpaired) electrons. The molecule has 0 aliphatic carbocycles. The van der Waals surface area contributed by atoms with E-state index in [4.69, 9.17) is 0 Å². The molecule has 1 aromatic carbocycles. The molecule has 22 heavy (non-hydrogen) atoms. The summed E-state index contributed by atoms with van der Waals surface area (Å²) < 4.78 is 22.9. The zero-order valence-corrected chi connectivity index (χ0v) is 14.1. The SMILES string of the molecule is O=C(CS[C@@H]1CCS(=O)(=O)C1)N1CC[C@H](c2ccccc2)C1. The summed E-state index contributed by atoms with van der Waals surface area (Å²) in [4.78, 5) is 14.2. The molecule has 2 atom stereocenters. The Labute approximate surface area is 136 Å². The van der Waals surface area contributed by atoms with Crippen LogP contribution in [0.3, 0.4) is 0 Å². The molecule has 2 aliphatic heterocycles. The Morgan fingerprint density at radius 2 is 2.00 bits per heavy atom. The van der Waals surface area contributed by atoms with Gasteiger partial charge in [0.15, 0.2) is 9.84 Å². The van der Waals surface area contributed by atoms with Gasteiger partial charge in [-0.15, -0.1) is 11.8 Å². The van der Waals surface area contributed by atoms with Gasteiger partial charge in [-0.2, -0.15) is 0 Å². The highest BCUT2D eigenvalue weighted by molar-refractivity contribution is 8.02. The number of thioether (sulfide) groups is 1. The number of carbonyl (C=O) groups excluding carboxylic acids is 1. The number of rotatable bonds is 4. The topological polar surface area (TPSA) is 54.5 Å². The maximum Gasteiger partial charge on any atom is 0.232 e. The van der Waals surface area contributed by atoms with Crippen molar-refractivity contribution in [3.05, 3.63) is 35.9 Å². The number of amides is 1. The monoisotopic (exact) mass is 339 g/mol. The first-order valence-corrected chi connectivity index (χ1v) is 10.6. The molecular formula is C16H21NO3S2. The van der Waals surface area contributed by atoms with Gasteiger partial charge in [-0.1, -0.05) is 30.3 Å². The zero-order chi connectivity index (χ0) is 15.6. The minimum Gasteiger partial charge on any atom is -0.341 e. The maximum absolute atomic E-state index is 12.3. The third-order valence-electron chi connectivity index (χ3n) is 4.45. The van der Waals surface area contributed by atoms with E-state index in [0.29, 0.717) is 18.1 Å². The first-order chi connectivity index (χ1) is 10.5. The molecule has 0 spiro atoms. The van der Waals surface area contributed by atoms with Crippen LogP contribution in [0.15, 0.2) is 30.3 Å². The van der Waals surface area contributed by atoms with Gasteiger partial charge in [-0.05, 0) is 18.4 Å². The number of nitrogens with zero attached hydrogens (tertiary/aromatic N) is 1. The van der Waals surface area contributed by atoms with E-state index in [-0.39, 0.29) is 22.7 Å². The van der Waals surface area contributed by atoms with Crippen LogP contribution >= 0.6 is 11.8 Å². The van der Waals surface area contributed by atoms with Crippen molar-refractivity contribution in [3.63, 3.8) is 0 Å². The molecule has 3 rings (SSSR count).